The van der Waals surface area contributed by atoms with Gasteiger partial charge in [0.15, 0.2) is 0 Å². The maximum atomic E-state index is 5.71. The van der Waals surface area contributed by atoms with E-state index >= 15 is 0 Å². The number of rotatable bonds is 2. The number of hydrogen-bond acceptors (Lipinski definition) is 4. The molecule has 0 aromatic carbocycles. The third kappa shape index (κ3) is 2.14. The molecule has 76 valence electrons. The summed E-state index contributed by atoms with van der Waals surface area (Å²) in [6, 6.07) is 3.57. The molecule has 0 amide bonds. The Bertz CT molecular complexity index is 298. The fourth-order valence-electron chi connectivity index (χ4n) is 1.46. The van der Waals surface area contributed by atoms with Gasteiger partial charge in [-0.2, -0.15) is 0 Å². The SMILES string of the molecule is Nc1cccnc1OC1CCCOC1. The molecular weight excluding hydrogens is 180 g/mol. The maximum Gasteiger partial charge on any atom is 0.237 e. The van der Waals surface area contributed by atoms with E-state index in [1.165, 1.54) is 0 Å². The quantitative estimate of drug-likeness (QED) is 0.769. The zero-order chi connectivity index (χ0) is 9.80. The van der Waals surface area contributed by atoms with Crippen molar-refractivity contribution in [1.82, 2.24) is 4.98 Å². The molecule has 0 aliphatic carbocycles. The number of ether oxygens (including phenoxy) is 2. The van der Waals surface area contributed by atoms with Crippen LogP contribution < -0.4 is 10.5 Å². The van der Waals surface area contributed by atoms with Crippen LogP contribution in [0.15, 0.2) is 18.3 Å². The number of nitrogens with zero attached hydrogens (tertiary/aromatic N) is 1. The molecule has 1 aromatic heterocycles. The highest BCUT2D eigenvalue weighted by molar-refractivity contribution is 5.46. The van der Waals surface area contributed by atoms with Crippen molar-refractivity contribution < 1.29 is 9.47 Å². The van der Waals surface area contributed by atoms with Crippen LogP contribution >= 0.6 is 0 Å². The molecule has 1 atom stereocenters. The molecular formula is C10H14N2O2. The average Bonchev–Trinajstić information content (AvgIpc) is 2.23. The summed E-state index contributed by atoms with van der Waals surface area (Å²) in [4.78, 5) is 4.07. The first-order chi connectivity index (χ1) is 6.86. The highest BCUT2D eigenvalue weighted by atomic mass is 16.5. The minimum absolute atomic E-state index is 0.0981. The number of nitrogen functional groups attached to an aromatic ring is 1. The Hall–Kier alpha value is -1.29. The average molecular weight is 194 g/mol. The molecule has 4 heteroatoms. The molecule has 14 heavy (non-hydrogen) atoms. The molecule has 2 N–H and O–H groups in total. The second-order valence-corrected chi connectivity index (χ2v) is 3.35. The summed E-state index contributed by atoms with van der Waals surface area (Å²) >= 11 is 0. The molecule has 0 saturated carbocycles. The largest absolute Gasteiger partial charge is 0.470 e. The lowest BCUT2D eigenvalue weighted by Crippen LogP contribution is -2.28. The molecule has 1 saturated heterocycles. The van der Waals surface area contributed by atoms with Crippen molar-refractivity contribution in [2.75, 3.05) is 18.9 Å². The highest BCUT2D eigenvalue weighted by Gasteiger charge is 2.16. The zero-order valence-electron chi connectivity index (χ0n) is 7.98. The van der Waals surface area contributed by atoms with Crippen LogP contribution in [0.25, 0.3) is 0 Å². The number of nitrogens with two attached hydrogens (primary N) is 1. The van der Waals surface area contributed by atoms with Crippen LogP contribution in [0.5, 0.6) is 5.88 Å². The van der Waals surface area contributed by atoms with Crippen LogP contribution in [0.2, 0.25) is 0 Å². The van der Waals surface area contributed by atoms with Gasteiger partial charge in [0.25, 0.3) is 0 Å². The van der Waals surface area contributed by atoms with Gasteiger partial charge < -0.3 is 15.2 Å². The lowest BCUT2D eigenvalue weighted by atomic mass is 10.2. The molecule has 1 aliphatic rings. The van der Waals surface area contributed by atoms with Crippen LogP contribution in [0.3, 0.4) is 0 Å². The van der Waals surface area contributed by atoms with Crippen molar-refractivity contribution >= 4 is 5.69 Å². The minimum atomic E-state index is 0.0981. The first-order valence-corrected chi connectivity index (χ1v) is 4.81. The smallest absolute Gasteiger partial charge is 0.237 e. The third-order valence-electron chi connectivity index (χ3n) is 2.20. The van der Waals surface area contributed by atoms with E-state index in [2.05, 4.69) is 4.98 Å². The fourth-order valence-corrected chi connectivity index (χ4v) is 1.46. The number of anilines is 1. The van der Waals surface area contributed by atoms with Crippen LogP contribution in [0.4, 0.5) is 5.69 Å². The van der Waals surface area contributed by atoms with Gasteiger partial charge in [0.05, 0.1) is 12.3 Å². The second kappa shape index (κ2) is 4.28. The van der Waals surface area contributed by atoms with E-state index in [0.717, 1.165) is 19.4 Å². The van der Waals surface area contributed by atoms with E-state index in [1.54, 1.807) is 18.3 Å². The van der Waals surface area contributed by atoms with Crippen molar-refractivity contribution in [2.24, 2.45) is 0 Å². The molecule has 0 bridgehead atoms. The van der Waals surface area contributed by atoms with Crippen molar-refractivity contribution in [1.29, 1.82) is 0 Å². The molecule has 2 heterocycles. The number of hydrogen-bond donors (Lipinski definition) is 1. The van der Waals surface area contributed by atoms with Crippen molar-refractivity contribution in [3.8, 4) is 5.88 Å². The van der Waals surface area contributed by atoms with Gasteiger partial charge in [-0.3, -0.25) is 0 Å². The Kier molecular flexibility index (Phi) is 2.84. The number of pyridine rings is 1. The maximum absolute atomic E-state index is 5.71. The normalized spacial score (nSPS) is 21.9. The van der Waals surface area contributed by atoms with Gasteiger partial charge in [0, 0.05) is 12.8 Å². The zero-order valence-corrected chi connectivity index (χ0v) is 7.98. The lowest BCUT2D eigenvalue weighted by molar-refractivity contribution is 0.00586. The van der Waals surface area contributed by atoms with Gasteiger partial charge >= 0.3 is 0 Å². The van der Waals surface area contributed by atoms with Crippen molar-refractivity contribution in [3.05, 3.63) is 18.3 Å². The molecule has 0 radical (unpaired) electrons. The summed E-state index contributed by atoms with van der Waals surface area (Å²) in [5, 5.41) is 0. The first kappa shape index (κ1) is 9.27. The van der Waals surface area contributed by atoms with E-state index in [4.69, 9.17) is 15.2 Å². The summed E-state index contributed by atoms with van der Waals surface area (Å²) < 4.78 is 10.9. The Morgan fingerprint density at radius 3 is 3.21 bits per heavy atom. The van der Waals surface area contributed by atoms with Crippen molar-refractivity contribution in [3.63, 3.8) is 0 Å². The highest BCUT2D eigenvalue weighted by Crippen LogP contribution is 2.20. The Morgan fingerprint density at radius 1 is 1.57 bits per heavy atom. The first-order valence-electron chi connectivity index (χ1n) is 4.81. The van der Waals surface area contributed by atoms with Gasteiger partial charge in [-0.1, -0.05) is 0 Å². The van der Waals surface area contributed by atoms with Crippen LogP contribution in [0, 0.1) is 0 Å². The molecule has 1 fully saturated rings. The molecule has 2 rings (SSSR count). The molecule has 4 nitrogen and oxygen atoms in total. The summed E-state index contributed by atoms with van der Waals surface area (Å²) in [6.07, 6.45) is 3.82. The molecule has 1 unspecified atom stereocenters. The predicted octanol–water partition coefficient (Wildman–Crippen LogP) is 1.22. The van der Waals surface area contributed by atoms with Crippen LogP contribution in [-0.2, 0) is 4.74 Å². The molecule has 1 aromatic rings. The van der Waals surface area contributed by atoms with E-state index in [0.29, 0.717) is 18.2 Å². The predicted molar refractivity (Wildman–Crippen MR) is 53.1 cm³/mol. The fraction of sp³-hybridized carbons (Fsp3) is 0.500. The van der Waals surface area contributed by atoms with E-state index in [9.17, 15) is 0 Å². The van der Waals surface area contributed by atoms with Gasteiger partial charge in [-0.05, 0) is 25.0 Å². The van der Waals surface area contributed by atoms with Crippen LogP contribution in [0.1, 0.15) is 12.8 Å². The molecule has 1 aliphatic heterocycles. The summed E-state index contributed by atoms with van der Waals surface area (Å²) in [5.74, 6) is 0.517. The summed E-state index contributed by atoms with van der Waals surface area (Å²) in [6.45, 7) is 1.47. The minimum Gasteiger partial charge on any atom is -0.470 e. The topological polar surface area (TPSA) is 57.4 Å². The summed E-state index contributed by atoms with van der Waals surface area (Å²) in [7, 11) is 0. The van der Waals surface area contributed by atoms with Gasteiger partial charge in [0.1, 0.15) is 6.10 Å². The Labute approximate surface area is 83.0 Å². The lowest BCUT2D eigenvalue weighted by Gasteiger charge is -2.23. The number of aromatic nitrogens is 1. The Morgan fingerprint density at radius 2 is 2.50 bits per heavy atom. The molecule has 0 spiro atoms. The van der Waals surface area contributed by atoms with E-state index in [-0.39, 0.29) is 6.10 Å². The van der Waals surface area contributed by atoms with Crippen LogP contribution in [-0.4, -0.2) is 24.3 Å². The Balaban J connectivity index is 1.99. The monoisotopic (exact) mass is 194 g/mol. The van der Waals surface area contributed by atoms with Gasteiger partial charge in [-0.25, -0.2) is 4.98 Å². The second-order valence-electron chi connectivity index (χ2n) is 3.35. The third-order valence-corrected chi connectivity index (χ3v) is 2.20. The van der Waals surface area contributed by atoms with Gasteiger partial charge in [-0.15, -0.1) is 0 Å². The van der Waals surface area contributed by atoms with Crippen molar-refractivity contribution in [2.45, 2.75) is 18.9 Å². The van der Waals surface area contributed by atoms with E-state index < -0.39 is 0 Å². The van der Waals surface area contributed by atoms with Gasteiger partial charge in [0.2, 0.25) is 5.88 Å². The summed E-state index contributed by atoms with van der Waals surface area (Å²) in [5.41, 5.74) is 6.29. The standard InChI is InChI=1S/C10H14N2O2/c11-9-4-1-5-12-10(9)14-8-3-2-6-13-7-8/h1,4-5,8H,2-3,6-7,11H2. The van der Waals surface area contributed by atoms with E-state index in [1.807, 2.05) is 0 Å².